The highest BCUT2D eigenvalue weighted by Gasteiger charge is 2.18. The van der Waals surface area contributed by atoms with Crippen LogP contribution in [-0.4, -0.2) is 22.0 Å². The molecule has 0 aromatic heterocycles. The van der Waals surface area contributed by atoms with Gasteiger partial charge in [0.1, 0.15) is 0 Å². The topological polar surface area (TPSA) is 0 Å². The van der Waals surface area contributed by atoms with E-state index in [2.05, 4.69) is 39.5 Å². The van der Waals surface area contributed by atoms with Gasteiger partial charge in [0.05, 0.1) is 0 Å². The minimum absolute atomic E-state index is 0.521. The van der Waals surface area contributed by atoms with Crippen molar-refractivity contribution in [2.24, 2.45) is 11.8 Å². The molecule has 0 rings (SSSR count). The van der Waals surface area contributed by atoms with E-state index in [4.69, 9.17) is 25.3 Å². The van der Waals surface area contributed by atoms with E-state index in [1.807, 2.05) is 0 Å². The Morgan fingerprint density at radius 1 is 0.349 bits per heavy atom. The first kappa shape index (κ1) is 44.0. The van der Waals surface area contributed by atoms with E-state index in [-0.39, 0.29) is 0 Å². The maximum absolute atomic E-state index is 4.89. The third-order valence-electron chi connectivity index (χ3n) is 9.89. The maximum atomic E-state index is 4.89. The number of rotatable bonds is 36. The van der Waals surface area contributed by atoms with Gasteiger partial charge in [0.15, 0.2) is 0 Å². The lowest BCUT2D eigenvalue weighted by atomic mass is 9.98. The van der Waals surface area contributed by atoms with Crippen molar-refractivity contribution in [1.29, 1.82) is 0 Å². The van der Waals surface area contributed by atoms with Crippen LogP contribution >= 0.6 is 37.0 Å². The van der Waals surface area contributed by atoms with Crippen LogP contribution in [0.15, 0.2) is 0 Å². The molecule has 0 spiro atoms. The van der Waals surface area contributed by atoms with Gasteiger partial charge in [-0.2, -0.15) is 37.0 Å². The number of thiol groups is 2. The van der Waals surface area contributed by atoms with E-state index < -0.39 is 0 Å². The van der Waals surface area contributed by atoms with Crippen molar-refractivity contribution in [3.63, 3.8) is 0 Å². The van der Waals surface area contributed by atoms with Crippen molar-refractivity contribution in [3.05, 3.63) is 0 Å². The summed E-state index contributed by atoms with van der Waals surface area (Å²) >= 11 is 12.0. The average molecular weight is 659 g/mol. The average Bonchev–Trinajstić information content (AvgIpc) is 2.99. The summed E-state index contributed by atoms with van der Waals surface area (Å²) in [4.78, 5) is 0. The van der Waals surface area contributed by atoms with Crippen LogP contribution in [0.3, 0.4) is 0 Å². The van der Waals surface area contributed by atoms with E-state index in [0.29, 0.717) is 10.5 Å². The number of hydrogen-bond donors (Lipinski definition) is 2. The largest absolute Gasteiger partial charge is 0.176 e. The third-order valence-corrected chi connectivity index (χ3v) is 12.1. The summed E-state index contributed by atoms with van der Waals surface area (Å²) in [6.45, 7) is 9.26. The highest BCUT2D eigenvalue weighted by atomic mass is 32.2. The Morgan fingerprint density at radius 2 is 0.558 bits per heavy atom. The normalized spacial score (nSPS) is 14.7. The van der Waals surface area contributed by atoms with Crippen LogP contribution in [0.5, 0.6) is 0 Å². The van der Waals surface area contributed by atoms with Crippen LogP contribution in [-0.2, 0) is 0 Å². The number of hydrogen-bond acceptors (Lipinski definition) is 3. The SMILES string of the molecule is CCCCCCCCCCCCCCCCC(CSCC(CCCCCCCCCCCCCCCC)C(C)S)C(C)S. The smallest absolute Gasteiger partial charge is 0.00246 e. The van der Waals surface area contributed by atoms with Gasteiger partial charge in [-0.05, 0) is 36.2 Å². The van der Waals surface area contributed by atoms with Crippen molar-refractivity contribution in [1.82, 2.24) is 0 Å². The molecule has 260 valence electrons. The van der Waals surface area contributed by atoms with E-state index in [1.54, 1.807) is 0 Å². The summed E-state index contributed by atoms with van der Waals surface area (Å²) in [5.41, 5.74) is 0. The van der Waals surface area contributed by atoms with E-state index in [1.165, 1.54) is 204 Å². The summed E-state index contributed by atoms with van der Waals surface area (Å²) in [6.07, 6.45) is 43.2. The molecule has 0 aromatic carbocycles. The van der Waals surface area contributed by atoms with Crippen LogP contribution in [0.25, 0.3) is 0 Å². The van der Waals surface area contributed by atoms with Crippen molar-refractivity contribution in [2.75, 3.05) is 11.5 Å². The molecule has 0 fully saturated rings. The predicted octanol–water partition coefficient (Wildman–Crippen LogP) is 15.3. The van der Waals surface area contributed by atoms with Crippen LogP contribution in [0.4, 0.5) is 0 Å². The summed E-state index contributed by atoms with van der Waals surface area (Å²) in [5, 5.41) is 1.04. The fraction of sp³-hybridized carbons (Fsp3) is 1.00. The Labute approximate surface area is 289 Å². The zero-order chi connectivity index (χ0) is 31.6. The van der Waals surface area contributed by atoms with Crippen molar-refractivity contribution in [2.45, 2.75) is 231 Å². The molecule has 0 nitrogen and oxygen atoms in total. The molecule has 0 aromatic rings. The third kappa shape index (κ3) is 32.8. The lowest BCUT2D eigenvalue weighted by Gasteiger charge is -2.23. The van der Waals surface area contributed by atoms with Gasteiger partial charge >= 0.3 is 0 Å². The van der Waals surface area contributed by atoms with Gasteiger partial charge in [-0.15, -0.1) is 0 Å². The Morgan fingerprint density at radius 3 is 0.767 bits per heavy atom. The second-order valence-electron chi connectivity index (χ2n) is 14.3. The molecule has 0 heterocycles. The molecule has 0 aliphatic heterocycles. The quantitative estimate of drug-likeness (QED) is 0.0499. The van der Waals surface area contributed by atoms with Gasteiger partial charge in [-0.1, -0.05) is 207 Å². The van der Waals surface area contributed by atoms with Crippen LogP contribution in [0.1, 0.15) is 220 Å². The molecule has 4 unspecified atom stereocenters. The van der Waals surface area contributed by atoms with Gasteiger partial charge in [-0.3, -0.25) is 0 Å². The zero-order valence-electron chi connectivity index (χ0n) is 30.2. The predicted molar refractivity (Wildman–Crippen MR) is 211 cm³/mol. The molecule has 0 bridgehead atoms. The Balaban J connectivity index is 3.72. The first-order valence-electron chi connectivity index (χ1n) is 20.0. The van der Waals surface area contributed by atoms with Gasteiger partial charge in [0.25, 0.3) is 0 Å². The number of thioether (sulfide) groups is 1. The van der Waals surface area contributed by atoms with E-state index in [0.717, 1.165) is 11.8 Å². The summed E-state index contributed by atoms with van der Waals surface area (Å²) in [7, 11) is 0. The summed E-state index contributed by atoms with van der Waals surface area (Å²) in [5.74, 6) is 4.11. The molecule has 43 heavy (non-hydrogen) atoms. The molecule has 0 N–H and O–H groups in total. The van der Waals surface area contributed by atoms with Gasteiger partial charge in [0.2, 0.25) is 0 Å². The Bertz CT molecular complexity index is 462. The summed E-state index contributed by atoms with van der Waals surface area (Å²) in [6, 6.07) is 0. The van der Waals surface area contributed by atoms with Crippen molar-refractivity contribution in [3.8, 4) is 0 Å². The fourth-order valence-electron chi connectivity index (χ4n) is 6.50. The van der Waals surface area contributed by atoms with E-state index >= 15 is 0 Å². The second kappa shape index (κ2) is 35.9. The standard InChI is InChI=1S/C40H82S3/c1-5-7-9-11-13-15-17-19-21-23-25-27-29-31-33-39(37(3)41)35-43-36-40(38(4)42)34-32-30-28-26-24-22-20-18-16-14-12-10-8-6-2/h37-42H,5-36H2,1-4H3. The highest BCUT2D eigenvalue weighted by molar-refractivity contribution is 7.99. The monoisotopic (exact) mass is 659 g/mol. The van der Waals surface area contributed by atoms with Crippen LogP contribution < -0.4 is 0 Å². The van der Waals surface area contributed by atoms with Gasteiger partial charge < -0.3 is 0 Å². The minimum atomic E-state index is 0.521. The zero-order valence-corrected chi connectivity index (χ0v) is 32.8. The van der Waals surface area contributed by atoms with Crippen molar-refractivity contribution < 1.29 is 0 Å². The number of unbranched alkanes of at least 4 members (excludes halogenated alkanes) is 26. The maximum Gasteiger partial charge on any atom is 0.00246 e. The Kier molecular flexibility index (Phi) is 36.8. The molecular formula is C40H82S3. The highest BCUT2D eigenvalue weighted by Crippen LogP contribution is 2.28. The molecule has 0 aliphatic rings. The molecular weight excluding hydrogens is 577 g/mol. The Hall–Kier alpha value is 1.05. The van der Waals surface area contributed by atoms with E-state index in [9.17, 15) is 0 Å². The van der Waals surface area contributed by atoms with Crippen LogP contribution in [0, 0.1) is 11.8 Å². The lowest BCUT2D eigenvalue weighted by molar-refractivity contribution is 0.475. The molecule has 0 radical (unpaired) electrons. The van der Waals surface area contributed by atoms with Crippen molar-refractivity contribution >= 4 is 37.0 Å². The minimum Gasteiger partial charge on any atom is -0.176 e. The summed E-state index contributed by atoms with van der Waals surface area (Å²) < 4.78 is 0. The first-order valence-corrected chi connectivity index (χ1v) is 22.1. The van der Waals surface area contributed by atoms with Gasteiger partial charge in [-0.25, -0.2) is 0 Å². The fourth-order valence-corrected chi connectivity index (χ4v) is 8.95. The molecule has 0 aliphatic carbocycles. The molecule has 0 saturated heterocycles. The molecule has 3 heteroatoms. The first-order chi connectivity index (χ1) is 21.0. The lowest BCUT2D eigenvalue weighted by Crippen LogP contribution is -2.18. The second-order valence-corrected chi connectivity index (χ2v) is 17.0. The van der Waals surface area contributed by atoms with Crippen LogP contribution in [0.2, 0.25) is 0 Å². The molecule has 4 atom stereocenters. The molecule has 0 amide bonds. The molecule has 0 saturated carbocycles. The van der Waals surface area contributed by atoms with Gasteiger partial charge in [0, 0.05) is 10.5 Å².